The van der Waals surface area contributed by atoms with E-state index in [0.717, 1.165) is 0 Å². The molecule has 2 aromatic rings. The third kappa shape index (κ3) is 11.4. The van der Waals surface area contributed by atoms with Crippen LogP contribution in [0.5, 0.6) is 17.2 Å². The fraction of sp³-hybridized carbons (Fsp3) is 0.709. The average molecular weight is 1070 g/mol. The van der Waals surface area contributed by atoms with Gasteiger partial charge in [0.25, 0.3) is 0 Å². The van der Waals surface area contributed by atoms with Crippen molar-refractivity contribution in [2.24, 2.45) is 0 Å². The number of rotatable bonds is 12. The predicted molar refractivity (Wildman–Crippen MR) is 263 cm³/mol. The molecule has 6 saturated heterocycles. The lowest BCUT2D eigenvalue weighted by Crippen LogP contribution is -2.55. The number of Topliss-reactive ketones (excluding diaryl/α,β-unsaturated/α-hetero) is 2. The summed E-state index contributed by atoms with van der Waals surface area (Å²) in [4.78, 5) is 28.4. The molecular weight excluding hydrogens is 997 g/mol. The Bertz CT molecular complexity index is 2450. The van der Waals surface area contributed by atoms with Gasteiger partial charge < -0.3 is 92.6 Å². The Kier molecular flexibility index (Phi) is 16.7. The molecule has 0 amide bonds. The summed E-state index contributed by atoms with van der Waals surface area (Å²) >= 11 is 0. The second-order valence-electron chi connectivity index (χ2n) is 21.9. The zero-order valence-corrected chi connectivity index (χ0v) is 43.9. The van der Waals surface area contributed by atoms with E-state index in [-0.39, 0.29) is 89.1 Å². The number of allylic oxidation sites excluding steroid dienone is 1. The molecule has 0 spiro atoms. The van der Waals surface area contributed by atoms with E-state index in [1.54, 1.807) is 40.7 Å². The summed E-state index contributed by atoms with van der Waals surface area (Å²) in [6.07, 6.45) is -11.7. The Balaban J connectivity index is 0.695. The first kappa shape index (κ1) is 55.6. The van der Waals surface area contributed by atoms with Gasteiger partial charge in [0.2, 0.25) is 6.29 Å². The molecule has 0 unspecified atom stereocenters. The van der Waals surface area contributed by atoms with Crippen LogP contribution in [-0.4, -0.2) is 183 Å². The third-order valence-corrected chi connectivity index (χ3v) is 16.3. The number of ether oxygens (including phenoxy) is 12. The second-order valence-corrected chi connectivity index (χ2v) is 21.9. The predicted octanol–water partition coefficient (Wildman–Crippen LogP) is 3.88. The number of fused-ring (bicyclic) bond motifs is 3. The van der Waals surface area contributed by atoms with Gasteiger partial charge in [-0.3, -0.25) is 9.59 Å². The van der Waals surface area contributed by atoms with E-state index in [4.69, 9.17) is 56.8 Å². The van der Waals surface area contributed by atoms with Crippen LogP contribution >= 0.6 is 0 Å². The van der Waals surface area contributed by atoms with Crippen LogP contribution in [-0.2, 0) is 58.5 Å². The Morgan fingerprint density at radius 2 is 1.01 bits per heavy atom. The SMILES string of the molecule is Cc1cc(O)c2c(c1)C[C@H](O)C1=C2C(=O)c2c(O[C@H]3C[C@@H](O)[C@@H](O[C@H]4C[C@@H](O[C@@H]5CC[C@H](O[C@@H]6CC[C@@H](O[C@H]7C[C@@H](O[C@@H]8CC[C@@H](O)[C@@H](C)O8)[C@@H](O)[C@@H](C)O7)[C@@H](C)O6)[C@@H](C)O5)[C@@H](O)[C@@H](C)O4)[C@@H](C)O3)ccc(O)c2C1=O. The van der Waals surface area contributed by atoms with Gasteiger partial charge in [0, 0.05) is 61.7 Å². The summed E-state index contributed by atoms with van der Waals surface area (Å²) in [5.41, 5.74) is 0.349. The van der Waals surface area contributed by atoms with Crippen molar-refractivity contribution in [3.8, 4) is 17.2 Å². The van der Waals surface area contributed by atoms with Crippen LogP contribution in [0.4, 0.5) is 0 Å². The van der Waals surface area contributed by atoms with Crippen LogP contribution in [0.1, 0.15) is 137 Å². The minimum absolute atomic E-state index is 0.0129. The molecule has 8 aliphatic rings. The van der Waals surface area contributed by atoms with Crippen molar-refractivity contribution in [2.45, 2.75) is 248 Å². The zero-order valence-electron chi connectivity index (χ0n) is 43.9. The van der Waals surface area contributed by atoms with E-state index in [0.29, 0.717) is 56.1 Å². The number of aromatic hydroxyl groups is 2. The normalized spacial score (nSPS) is 42.0. The average Bonchev–Trinajstić information content (AvgIpc) is 3.42. The van der Waals surface area contributed by atoms with Gasteiger partial charge in [0.1, 0.15) is 35.6 Å². The molecule has 0 radical (unpaired) electrons. The molecule has 0 bridgehead atoms. The van der Waals surface area contributed by atoms with Crippen molar-refractivity contribution < 1.29 is 102 Å². The molecule has 0 aromatic heterocycles. The molecule has 6 fully saturated rings. The number of hydrogen-bond donors (Lipinski definition) is 7. The number of phenolic OH excluding ortho intramolecular Hbond substituents is 2. The van der Waals surface area contributed by atoms with Crippen LogP contribution in [0.2, 0.25) is 0 Å². The van der Waals surface area contributed by atoms with E-state index in [2.05, 4.69) is 0 Å². The third-order valence-electron chi connectivity index (χ3n) is 16.3. The van der Waals surface area contributed by atoms with Gasteiger partial charge in [-0.1, -0.05) is 6.07 Å². The van der Waals surface area contributed by atoms with E-state index in [1.165, 1.54) is 18.2 Å². The van der Waals surface area contributed by atoms with Crippen LogP contribution in [0.15, 0.2) is 29.8 Å². The van der Waals surface area contributed by atoms with Gasteiger partial charge in [0.05, 0.1) is 90.5 Å². The van der Waals surface area contributed by atoms with E-state index in [9.17, 15) is 45.3 Å². The molecule has 21 heteroatoms. The molecule has 21 nitrogen and oxygen atoms in total. The Hall–Kier alpha value is -3.72. The highest BCUT2D eigenvalue weighted by Gasteiger charge is 2.48. The number of aliphatic hydroxyl groups excluding tert-OH is 5. The topological polar surface area (TPSA) is 287 Å². The Labute approximate surface area is 441 Å². The van der Waals surface area contributed by atoms with Crippen molar-refractivity contribution in [1.82, 2.24) is 0 Å². The van der Waals surface area contributed by atoms with Gasteiger partial charge >= 0.3 is 0 Å². The highest BCUT2D eigenvalue weighted by molar-refractivity contribution is 6.43. The lowest BCUT2D eigenvalue weighted by atomic mass is 9.72. The minimum atomic E-state index is -1.36. The monoisotopic (exact) mass is 1070 g/mol. The smallest absolute Gasteiger partial charge is 0.202 e. The summed E-state index contributed by atoms with van der Waals surface area (Å²) in [6.45, 7) is 12.6. The maximum atomic E-state index is 14.4. The first-order valence-electron chi connectivity index (χ1n) is 27.0. The van der Waals surface area contributed by atoms with E-state index >= 15 is 0 Å². The van der Waals surface area contributed by atoms with E-state index < -0.39 is 122 Å². The number of aryl methyl sites for hydroxylation is 1. The van der Waals surface area contributed by atoms with Crippen LogP contribution in [0, 0.1) is 6.92 Å². The number of carbonyl (C=O) groups is 2. The van der Waals surface area contributed by atoms with Crippen molar-refractivity contribution in [2.75, 3.05) is 0 Å². The van der Waals surface area contributed by atoms with Crippen molar-refractivity contribution in [1.29, 1.82) is 0 Å². The molecular formula is C55H74O21. The maximum Gasteiger partial charge on any atom is 0.202 e. The fourth-order valence-electron chi connectivity index (χ4n) is 12.1. The molecule has 2 aromatic carbocycles. The number of hydrogen-bond acceptors (Lipinski definition) is 21. The highest BCUT2D eigenvalue weighted by atomic mass is 16.8. The first-order valence-corrected chi connectivity index (χ1v) is 27.0. The molecule has 0 saturated carbocycles. The van der Waals surface area contributed by atoms with Gasteiger partial charge in [-0.25, -0.2) is 0 Å². The van der Waals surface area contributed by atoms with Gasteiger partial charge in [-0.05, 0) is 97.1 Å². The molecule has 7 N–H and O–H groups in total. The van der Waals surface area contributed by atoms with Crippen molar-refractivity contribution >= 4 is 17.1 Å². The molecule has 10 rings (SSSR count). The molecule has 6 heterocycles. The number of aliphatic hydroxyl groups is 5. The summed E-state index contributed by atoms with van der Waals surface area (Å²) in [7, 11) is 0. The summed E-state index contributed by atoms with van der Waals surface area (Å²) < 4.78 is 74.7. The van der Waals surface area contributed by atoms with Gasteiger partial charge in [0.15, 0.2) is 43.0 Å². The summed E-state index contributed by atoms with van der Waals surface area (Å²) in [5.74, 6) is -2.32. The highest BCUT2D eigenvalue weighted by Crippen LogP contribution is 2.48. The largest absolute Gasteiger partial charge is 0.507 e. The zero-order chi connectivity index (χ0) is 54.0. The number of phenols is 2. The number of carbonyl (C=O) groups excluding carboxylic acids is 2. The van der Waals surface area contributed by atoms with Crippen molar-refractivity contribution in [3.05, 3.63) is 57.7 Å². The molecule has 22 atom stereocenters. The molecule has 2 aliphatic carbocycles. The molecule has 76 heavy (non-hydrogen) atoms. The summed E-state index contributed by atoms with van der Waals surface area (Å²) in [5, 5.41) is 76.7. The van der Waals surface area contributed by atoms with E-state index in [1.807, 2.05) is 13.8 Å². The standard InChI is InChI=1S/C55H74O21/c1-22-16-29-18-33(59)48-50(46(29)32(58)17-22)54(64)49-37(10-8-31(57)47(49)53(48)63)73-43-19-34(60)55(28(7)70-43)76-45-21-39(52(62)27(6)69-45)75-42-15-11-35(24(3)67-42)71-41-14-12-36(25(4)66-41)72-44-20-38(51(61)26(5)68-44)74-40-13-9-30(56)23(2)65-40/h8,10,16-17,23-28,30,33-36,38-45,51-52,55-62H,9,11-15,18-21H2,1-7H3/t23-,24-,25-,26-,27-,28-,30-,33+,34-,35+,36-,38-,39-,40-,41-,42-,43+,44+,45+,51+,52+,55+/m1/s1. The fourth-order valence-corrected chi connectivity index (χ4v) is 12.1. The Morgan fingerprint density at radius 1 is 0.487 bits per heavy atom. The molecule has 6 aliphatic heterocycles. The molecule has 420 valence electrons. The lowest BCUT2D eigenvalue weighted by Gasteiger charge is -2.45. The van der Waals surface area contributed by atoms with Gasteiger partial charge in [-0.2, -0.15) is 0 Å². The second kappa shape index (κ2) is 22.8. The quantitative estimate of drug-likeness (QED) is 0.159. The van der Waals surface area contributed by atoms with Crippen molar-refractivity contribution in [3.63, 3.8) is 0 Å². The summed E-state index contributed by atoms with van der Waals surface area (Å²) in [6, 6.07) is 5.74. The van der Waals surface area contributed by atoms with Gasteiger partial charge in [-0.15, -0.1) is 0 Å². The Morgan fingerprint density at radius 3 is 1.59 bits per heavy atom. The number of ketones is 2. The first-order chi connectivity index (χ1) is 36.2. The maximum absolute atomic E-state index is 14.4. The van der Waals surface area contributed by atoms with Crippen LogP contribution in [0.3, 0.4) is 0 Å². The number of benzene rings is 2. The lowest BCUT2D eigenvalue weighted by molar-refractivity contribution is -0.333. The minimum Gasteiger partial charge on any atom is -0.507 e. The van der Waals surface area contributed by atoms with Crippen LogP contribution < -0.4 is 4.74 Å². The van der Waals surface area contributed by atoms with Crippen LogP contribution in [0.25, 0.3) is 5.57 Å².